The first kappa shape index (κ1) is 14.4. The third kappa shape index (κ3) is 2.53. The summed E-state index contributed by atoms with van der Waals surface area (Å²) in [7, 11) is 1.75. The Hall–Kier alpha value is -1.55. The third-order valence-corrected chi connectivity index (χ3v) is 4.91. The van der Waals surface area contributed by atoms with Gasteiger partial charge in [-0.2, -0.15) is 0 Å². The number of hydrogen-bond acceptors (Lipinski definition) is 2. The van der Waals surface area contributed by atoms with E-state index in [1.54, 1.807) is 22.9 Å². The van der Waals surface area contributed by atoms with Gasteiger partial charge in [0, 0.05) is 19.5 Å². The average molecular weight is 307 g/mol. The minimum absolute atomic E-state index is 0.0294. The fourth-order valence-corrected chi connectivity index (χ4v) is 3.27. The van der Waals surface area contributed by atoms with Gasteiger partial charge in [0.25, 0.3) is 0 Å². The average Bonchev–Trinajstić information content (AvgIpc) is 2.78. The van der Waals surface area contributed by atoms with Crippen molar-refractivity contribution in [3.05, 3.63) is 29.3 Å². The number of carbonyl (C=O) groups is 2. The van der Waals surface area contributed by atoms with Crippen molar-refractivity contribution in [1.29, 1.82) is 0 Å². The van der Waals surface area contributed by atoms with Crippen LogP contribution < -0.4 is 4.90 Å². The maximum Gasteiger partial charge on any atom is 0.249 e. The van der Waals surface area contributed by atoms with E-state index in [4.69, 9.17) is 11.6 Å². The van der Waals surface area contributed by atoms with E-state index in [2.05, 4.69) is 0 Å². The van der Waals surface area contributed by atoms with Gasteiger partial charge >= 0.3 is 0 Å². The largest absolute Gasteiger partial charge is 0.333 e. The van der Waals surface area contributed by atoms with Gasteiger partial charge in [-0.3, -0.25) is 9.59 Å². The summed E-state index contributed by atoms with van der Waals surface area (Å²) in [4.78, 5) is 28.2. The molecule has 112 valence electrons. The van der Waals surface area contributed by atoms with Gasteiger partial charge in [0.2, 0.25) is 11.8 Å². The zero-order valence-corrected chi connectivity index (χ0v) is 12.8. The molecule has 2 fully saturated rings. The van der Waals surface area contributed by atoms with Crippen molar-refractivity contribution in [3.63, 3.8) is 0 Å². The summed E-state index contributed by atoms with van der Waals surface area (Å²) in [5.41, 5.74) is 0.733. The molecule has 5 heteroatoms. The molecule has 1 saturated heterocycles. The molecule has 1 aromatic rings. The van der Waals surface area contributed by atoms with Crippen LogP contribution in [0.25, 0.3) is 0 Å². The fraction of sp³-hybridized carbons (Fsp3) is 0.500. The number of nitrogens with zero attached hydrogens (tertiary/aromatic N) is 2. The molecule has 3 rings (SSSR count). The molecule has 2 aliphatic rings. The Kier molecular flexibility index (Phi) is 3.89. The van der Waals surface area contributed by atoms with Crippen LogP contribution in [0.2, 0.25) is 5.02 Å². The third-order valence-electron chi connectivity index (χ3n) is 4.59. The van der Waals surface area contributed by atoms with E-state index >= 15 is 0 Å². The zero-order valence-electron chi connectivity index (χ0n) is 12.1. The number of anilines is 1. The lowest BCUT2D eigenvalue weighted by Gasteiger charge is -2.32. The Bertz CT molecular complexity index is 571. The van der Waals surface area contributed by atoms with Crippen molar-refractivity contribution in [2.45, 2.75) is 31.7 Å². The first-order chi connectivity index (χ1) is 10.1. The lowest BCUT2D eigenvalue weighted by Crippen LogP contribution is -2.46. The maximum atomic E-state index is 12.6. The van der Waals surface area contributed by atoms with E-state index in [1.165, 1.54) is 0 Å². The second-order valence-corrected chi connectivity index (χ2v) is 6.23. The first-order valence-electron chi connectivity index (χ1n) is 7.42. The predicted molar refractivity (Wildman–Crippen MR) is 82.3 cm³/mol. The Labute approximate surface area is 129 Å². The predicted octanol–water partition coefficient (Wildman–Crippen LogP) is 2.70. The van der Waals surface area contributed by atoms with Crippen LogP contribution in [-0.2, 0) is 9.59 Å². The van der Waals surface area contributed by atoms with Gasteiger partial charge in [-0.1, -0.05) is 30.2 Å². The molecular weight excluding hydrogens is 288 g/mol. The zero-order chi connectivity index (χ0) is 15.0. The Balaban J connectivity index is 1.74. The molecule has 4 nitrogen and oxygen atoms in total. The number of carbonyl (C=O) groups excluding carboxylic acids is 2. The van der Waals surface area contributed by atoms with E-state index in [-0.39, 0.29) is 23.8 Å². The molecule has 1 aliphatic carbocycles. The molecular formula is C16H19ClN2O2. The van der Waals surface area contributed by atoms with Gasteiger partial charge in [-0.15, -0.1) is 0 Å². The van der Waals surface area contributed by atoms with Crippen LogP contribution in [0.15, 0.2) is 24.3 Å². The van der Waals surface area contributed by atoms with Crippen LogP contribution in [0.3, 0.4) is 0 Å². The van der Waals surface area contributed by atoms with Crippen LogP contribution in [0.1, 0.15) is 25.7 Å². The van der Waals surface area contributed by atoms with Crippen LogP contribution in [0.4, 0.5) is 5.69 Å². The number of amides is 2. The smallest absolute Gasteiger partial charge is 0.249 e. The summed E-state index contributed by atoms with van der Waals surface area (Å²) < 4.78 is 0. The van der Waals surface area contributed by atoms with Gasteiger partial charge in [-0.25, -0.2) is 0 Å². The number of hydrogen-bond donors (Lipinski definition) is 0. The van der Waals surface area contributed by atoms with E-state index < -0.39 is 0 Å². The second kappa shape index (κ2) is 5.68. The van der Waals surface area contributed by atoms with Crippen LogP contribution in [0, 0.1) is 5.92 Å². The molecule has 21 heavy (non-hydrogen) atoms. The van der Waals surface area contributed by atoms with Crippen LogP contribution in [-0.4, -0.2) is 36.3 Å². The van der Waals surface area contributed by atoms with Crippen molar-refractivity contribution >= 4 is 29.1 Å². The van der Waals surface area contributed by atoms with E-state index in [0.29, 0.717) is 18.0 Å². The molecule has 1 heterocycles. The van der Waals surface area contributed by atoms with Crippen molar-refractivity contribution in [2.24, 2.45) is 5.92 Å². The van der Waals surface area contributed by atoms with Crippen molar-refractivity contribution in [3.8, 4) is 0 Å². The Morgan fingerprint density at radius 1 is 1.29 bits per heavy atom. The topological polar surface area (TPSA) is 40.6 Å². The molecule has 1 aromatic carbocycles. The minimum atomic E-state index is -0.352. The van der Waals surface area contributed by atoms with Gasteiger partial charge in [-0.05, 0) is 31.4 Å². The van der Waals surface area contributed by atoms with Crippen LogP contribution >= 0.6 is 11.6 Å². The van der Waals surface area contributed by atoms with Crippen molar-refractivity contribution in [2.75, 3.05) is 18.5 Å². The van der Waals surface area contributed by atoms with Gasteiger partial charge in [0.05, 0.1) is 10.7 Å². The number of likely N-dealkylation sites (N-methyl/N-ethyl adjacent to an activating group) is 1. The minimum Gasteiger partial charge on any atom is -0.333 e. The summed E-state index contributed by atoms with van der Waals surface area (Å²) in [5.74, 6) is 0.205. The molecule has 1 atom stereocenters. The summed E-state index contributed by atoms with van der Waals surface area (Å²) >= 11 is 6.17. The SMILES string of the molecule is CN(C(=O)C1CCC1)[C@@H]1CCN(c2ccccc2Cl)C1=O. The van der Waals surface area contributed by atoms with Crippen molar-refractivity contribution in [1.82, 2.24) is 4.90 Å². The molecule has 1 aliphatic heterocycles. The quantitative estimate of drug-likeness (QED) is 0.861. The van der Waals surface area contributed by atoms with Gasteiger partial charge in [0.15, 0.2) is 0 Å². The number of halogens is 1. The molecule has 0 unspecified atom stereocenters. The first-order valence-corrected chi connectivity index (χ1v) is 7.80. The van der Waals surface area contributed by atoms with E-state index in [9.17, 15) is 9.59 Å². The Morgan fingerprint density at radius 2 is 2.00 bits per heavy atom. The normalized spacial score (nSPS) is 22.3. The molecule has 0 radical (unpaired) electrons. The molecule has 1 saturated carbocycles. The standard InChI is InChI=1S/C16H19ClN2O2/c1-18(15(20)11-5-4-6-11)14-9-10-19(16(14)21)13-8-3-2-7-12(13)17/h2-3,7-8,11,14H,4-6,9-10H2,1H3/t14-/m1/s1. The van der Waals surface area contributed by atoms with E-state index in [0.717, 1.165) is 24.9 Å². The van der Waals surface area contributed by atoms with E-state index in [1.807, 2.05) is 18.2 Å². The fourth-order valence-electron chi connectivity index (χ4n) is 3.03. The van der Waals surface area contributed by atoms with Gasteiger partial charge in [0.1, 0.15) is 6.04 Å². The summed E-state index contributed by atoms with van der Waals surface area (Å²) in [6.07, 6.45) is 3.70. The number of benzene rings is 1. The molecule has 0 spiro atoms. The molecule has 0 aromatic heterocycles. The highest BCUT2D eigenvalue weighted by atomic mass is 35.5. The monoisotopic (exact) mass is 306 g/mol. The van der Waals surface area contributed by atoms with Crippen molar-refractivity contribution < 1.29 is 9.59 Å². The lowest BCUT2D eigenvalue weighted by atomic mass is 9.84. The molecule has 0 bridgehead atoms. The van der Waals surface area contributed by atoms with Gasteiger partial charge < -0.3 is 9.80 Å². The highest BCUT2D eigenvalue weighted by Gasteiger charge is 2.40. The second-order valence-electron chi connectivity index (χ2n) is 5.82. The Morgan fingerprint density at radius 3 is 2.62 bits per heavy atom. The lowest BCUT2D eigenvalue weighted by molar-refractivity contribution is -0.142. The number of rotatable bonds is 3. The maximum absolute atomic E-state index is 12.6. The summed E-state index contributed by atoms with van der Waals surface area (Å²) in [6.45, 7) is 0.607. The molecule has 0 N–H and O–H groups in total. The highest BCUT2D eigenvalue weighted by molar-refractivity contribution is 6.34. The number of para-hydroxylation sites is 1. The highest BCUT2D eigenvalue weighted by Crippen LogP contribution is 2.32. The van der Waals surface area contributed by atoms with Crippen LogP contribution in [0.5, 0.6) is 0 Å². The summed E-state index contributed by atoms with van der Waals surface area (Å²) in [6, 6.07) is 6.98. The summed E-state index contributed by atoms with van der Waals surface area (Å²) in [5, 5.41) is 0.569. The molecule has 2 amide bonds.